The fourth-order valence-electron chi connectivity index (χ4n) is 5.38. The highest BCUT2D eigenvalue weighted by atomic mass is 14.4. The third-order valence-electron chi connectivity index (χ3n) is 6.67. The lowest BCUT2D eigenvalue weighted by Gasteiger charge is -2.33. The van der Waals surface area contributed by atoms with E-state index in [0.29, 0.717) is 5.92 Å². The van der Waals surface area contributed by atoms with Crippen LogP contribution in [0.3, 0.4) is 0 Å². The fraction of sp³-hybridized carbons (Fsp3) is 0.400. The van der Waals surface area contributed by atoms with E-state index in [1.807, 2.05) is 0 Å². The van der Waals surface area contributed by atoms with Crippen molar-refractivity contribution in [2.75, 3.05) is 0 Å². The lowest BCUT2D eigenvalue weighted by atomic mass is 9.70. The van der Waals surface area contributed by atoms with Gasteiger partial charge in [-0.15, -0.1) is 0 Å². The van der Waals surface area contributed by atoms with Gasteiger partial charge in [0.1, 0.15) is 0 Å². The Morgan fingerprint density at radius 1 is 0.900 bits per heavy atom. The summed E-state index contributed by atoms with van der Waals surface area (Å²) in [6.07, 6.45) is 19.7. The molecule has 0 amide bonds. The van der Waals surface area contributed by atoms with Crippen LogP contribution in [0.25, 0.3) is 16.3 Å². The molecule has 1 unspecified atom stereocenters. The molecule has 0 bridgehead atoms. The smallest absolute Gasteiger partial charge is 0.0211 e. The van der Waals surface area contributed by atoms with Crippen molar-refractivity contribution in [3.8, 4) is 0 Å². The second-order valence-corrected chi connectivity index (χ2v) is 8.72. The molecule has 1 atom stereocenters. The highest BCUT2D eigenvalue weighted by Gasteiger charge is 2.41. The second kappa shape index (κ2) is 10.1. The normalized spacial score (nSPS) is 17.1. The maximum Gasteiger partial charge on any atom is 0.0211 e. The predicted molar refractivity (Wildman–Crippen MR) is 135 cm³/mol. The van der Waals surface area contributed by atoms with Crippen molar-refractivity contribution in [3.63, 3.8) is 0 Å². The van der Waals surface area contributed by atoms with Gasteiger partial charge in [-0.1, -0.05) is 87.4 Å². The Kier molecular flexibility index (Phi) is 7.53. The molecule has 0 heteroatoms. The maximum atomic E-state index is 2.49. The molecule has 0 aromatic heterocycles. The van der Waals surface area contributed by atoms with Crippen LogP contribution in [0, 0.1) is 5.92 Å². The summed E-state index contributed by atoms with van der Waals surface area (Å²) in [4.78, 5) is 0. The van der Waals surface area contributed by atoms with Gasteiger partial charge in [0.05, 0.1) is 0 Å². The Morgan fingerprint density at radius 2 is 1.57 bits per heavy atom. The van der Waals surface area contributed by atoms with Crippen molar-refractivity contribution >= 4 is 16.3 Å². The van der Waals surface area contributed by atoms with Crippen LogP contribution in [0.15, 0.2) is 78.4 Å². The zero-order chi connectivity index (χ0) is 21.6. The summed E-state index contributed by atoms with van der Waals surface area (Å²) < 4.78 is 0. The van der Waals surface area contributed by atoms with E-state index in [1.165, 1.54) is 47.6 Å². The zero-order valence-corrected chi connectivity index (χ0v) is 19.5. The molecular weight excluding hydrogens is 360 g/mol. The summed E-state index contributed by atoms with van der Waals surface area (Å²) in [5.74, 6) is 0.454. The summed E-state index contributed by atoms with van der Waals surface area (Å²) in [6.45, 7) is 11.2. The number of rotatable bonds is 9. The molecule has 0 heterocycles. The quantitative estimate of drug-likeness (QED) is 0.369. The van der Waals surface area contributed by atoms with Crippen LogP contribution in [0.5, 0.6) is 0 Å². The van der Waals surface area contributed by atoms with Gasteiger partial charge in [-0.3, -0.25) is 0 Å². The molecule has 2 aromatic rings. The van der Waals surface area contributed by atoms with E-state index >= 15 is 0 Å². The molecule has 3 rings (SSSR count). The Bertz CT molecular complexity index is 974. The zero-order valence-electron chi connectivity index (χ0n) is 19.5. The minimum absolute atomic E-state index is 0.143. The minimum Gasteiger partial charge on any atom is -0.0916 e. The largest absolute Gasteiger partial charge is 0.0916 e. The van der Waals surface area contributed by atoms with E-state index in [-0.39, 0.29) is 5.41 Å². The van der Waals surface area contributed by atoms with Crippen molar-refractivity contribution in [3.05, 3.63) is 89.6 Å². The molecule has 0 N–H and O–H groups in total. The lowest BCUT2D eigenvalue weighted by molar-refractivity contribution is 0.432. The van der Waals surface area contributed by atoms with Crippen molar-refractivity contribution in [2.24, 2.45) is 5.92 Å². The van der Waals surface area contributed by atoms with E-state index in [0.717, 1.165) is 6.42 Å². The average molecular weight is 399 g/mol. The van der Waals surface area contributed by atoms with E-state index in [2.05, 4.69) is 107 Å². The second-order valence-electron chi connectivity index (χ2n) is 8.72. The van der Waals surface area contributed by atoms with Gasteiger partial charge in [0.2, 0.25) is 0 Å². The Hall–Kier alpha value is -2.34. The van der Waals surface area contributed by atoms with Crippen LogP contribution in [-0.4, -0.2) is 0 Å². The number of benzene rings is 2. The number of hydrogen-bond acceptors (Lipinski definition) is 0. The Morgan fingerprint density at radius 3 is 2.17 bits per heavy atom. The standard InChI is InChI=1S/C30H38/c1-6-10-14-24(13-7-2)17-18-28-23(5)27-21-25-15-11-12-16-26(25)22-29(27)30(28,19-8-3)20-9-4/h6-7,10-13,15-18,21-22,24H,8-9,14,19-20H2,1-5H3/b10-6?,13-7-,18-17-. The third kappa shape index (κ3) is 4.24. The first-order valence-electron chi connectivity index (χ1n) is 11.8. The summed E-state index contributed by atoms with van der Waals surface area (Å²) in [5.41, 5.74) is 6.18. The van der Waals surface area contributed by atoms with Crippen LogP contribution in [0.4, 0.5) is 0 Å². The van der Waals surface area contributed by atoms with Gasteiger partial charge in [0.15, 0.2) is 0 Å². The summed E-state index contributed by atoms with van der Waals surface area (Å²) >= 11 is 0. The third-order valence-corrected chi connectivity index (χ3v) is 6.67. The Balaban J connectivity index is 2.15. The van der Waals surface area contributed by atoms with Crippen molar-refractivity contribution < 1.29 is 0 Å². The summed E-state index contributed by atoms with van der Waals surface area (Å²) in [7, 11) is 0. The van der Waals surface area contributed by atoms with Crippen LogP contribution in [0.2, 0.25) is 0 Å². The molecule has 2 aromatic carbocycles. The number of allylic oxidation sites excluding steroid dienone is 8. The van der Waals surface area contributed by atoms with Crippen molar-refractivity contribution in [1.29, 1.82) is 0 Å². The van der Waals surface area contributed by atoms with Gasteiger partial charge in [0.25, 0.3) is 0 Å². The fourth-order valence-corrected chi connectivity index (χ4v) is 5.38. The van der Waals surface area contributed by atoms with E-state index in [4.69, 9.17) is 0 Å². The molecule has 0 radical (unpaired) electrons. The highest BCUT2D eigenvalue weighted by Crippen LogP contribution is 2.53. The van der Waals surface area contributed by atoms with Crippen LogP contribution in [-0.2, 0) is 5.41 Å². The first kappa shape index (κ1) is 22.3. The first-order chi connectivity index (χ1) is 14.6. The summed E-state index contributed by atoms with van der Waals surface area (Å²) in [6, 6.07) is 13.7. The van der Waals surface area contributed by atoms with Crippen LogP contribution >= 0.6 is 0 Å². The van der Waals surface area contributed by atoms with Gasteiger partial charge in [0, 0.05) is 5.41 Å². The van der Waals surface area contributed by atoms with Crippen LogP contribution < -0.4 is 0 Å². The average Bonchev–Trinajstić information content (AvgIpc) is 2.96. The van der Waals surface area contributed by atoms with E-state index < -0.39 is 0 Å². The molecule has 1 aliphatic rings. The van der Waals surface area contributed by atoms with Gasteiger partial charge < -0.3 is 0 Å². The van der Waals surface area contributed by atoms with Gasteiger partial charge in [-0.25, -0.2) is 0 Å². The molecule has 30 heavy (non-hydrogen) atoms. The molecule has 0 fully saturated rings. The van der Waals surface area contributed by atoms with E-state index in [1.54, 1.807) is 11.1 Å². The molecular formula is C30H38. The Labute approximate surface area is 184 Å². The monoisotopic (exact) mass is 398 g/mol. The molecule has 0 saturated heterocycles. The van der Waals surface area contributed by atoms with Crippen molar-refractivity contribution in [2.45, 2.75) is 72.1 Å². The molecule has 0 aliphatic heterocycles. The van der Waals surface area contributed by atoms with E-state index in [9.17, 15) is 0 Å². The van der Waals surface area contributed by atoms with Gasteiger partial charge in [-0.05, 0) is 91.1 Å². The number of fused-ring (bicyclic) bond motifs is 2. The molecule has 158 valence electrons. The molecule has 0 saturated carbocycles. The predicted octanol–water partition coefficient (Wildman–Crippen LogP) is 9.18. The van der Waals surface area contributed by atoms with Gasteiger partial charge >= 0.3 is 0 Å². The maximum absolute atomic E-state index is 2.49. The molecule has 1 aliphatic carbocycles. The van der Waals surface area contributed by atoms with Gasteiger partial charge in [-0.2, -0.15) is 0 Å². The number of hydrogen-bond donors (Lipinski definition) is 0. The SMILES string of the molecule is CC=CCC(/C=C\C)/C=C\C1=C(C)c2cc3ccccc3cc2C1(CCC)CCC. The highest BCUT2D eigenvalue weighted by molar-refractivity contribution is 5.92. The molecule has 0 nitrogen and oxygen atoms in total. The topological polar surface area (TPSA) is 0 Å². The first-order valence-corrected chi connectivity index (χ1v) is 11.8. The lowest BCUT2D eigenvalue weighted by Crippen LogP contribution is -2.26. The summed E-state index contributed by atoms with van der Waals surface area (Å²) in [5, 5.41) is 2.72. The van der Waals surface area contributed by atoms with Crippen LogP contribution in [0.1, 0.15) is 77.8 Å². The van der Waals surface area contributed by atoms with Crippen molar-refractivity contribution in [1.82, 2.24) is 0 Å². The molecule has 0 spiro atoms. The minimum atomic E-state index is 0.143.